The highest BCUT2D eigenvalue weighted by Gasteiger charge is 2.43. The van der Waals surface area contributed by atoms with E-state index in [1.165, 1.54) is 35.1 Å². The number of nitrogens with two attached hydrogens (primary N) is 3. The van der Waals surface area contributed by atoms with E-state index in [0.29, 0.717) is 28.5 Å². The van der Waals surface area contributed by atoms with Gasteiger partial charge < -0.3 is 84.7 Å². The quantitative estimate of drug-likeness (QED) is 0.0154. The maximum Gasteiger partial charge on any atom is 0.312 e. The third kappa shape index (κ3) is 31.3. The minimum atomic E-state index is -1.90. The van der Waals surface area contributed by atoms with Gasteiger partial charge in [-0.3, -0.25) is 86.8 Å². The number of aromatic amines is 1. The number of phenolic OH excluding ortho intramolecular Hbond substituents is 1. The number of aliphatic hydroxyl groups is 1. The number of carbonyl (C=O) groups is 17. The highest BCUT2D eigenvalue weighted by molar-refractivity contribution is 8.76. The molecular formula is C81H112N16O21S2. The number of carboxylic acid groups (broad SMARTS) is 2. The molecule has 2 aromatic heterocycles. The van der Waals surface area contributed by atoms with Gasteiger partial charge in [-0.25, -0.2) is 4.79 Å². The van der Waals surface area contributed by atoms with Gasteiger partial charge in [0.15, 0.2) is 40.7 Å². The summed E-state index contributed by atoms with van der Waals surface area (Å²) in [4.78, 5) is 249. The standard InChI is InChI=1S/C81H112N16O21S2/c1-3-4-5-14-55(99)24-26-71(108)89-61-43-119-120-44-62-66(103)34-47(13-9-28-87-81(85)118)74(111)91-60(33-53-41-88-58-16-7-6-15-57(53)58)65(102)35-49(21-25-70(82)107)76(113)90-59(64(101)39-52(79(116)117)31-46-19-22-56(100)23-20-46)17-10-29-96-42-54(94-95-96)32-50(37-67(61)104)77(114)93-73(45(2)98)69(106)38-51(40-72(109)110)78(115)97-30-11-18-63(97)68(105)36-48(75(112)92-62)12-8-27-86-80(83)84/h6-7,15-16,19-20,22-23,41-42,45,47-52,59-63,73,88,98,100H,3-5,8-14,17-18,21,24-40,43-44H2,1-2H3,(H2,82,107)(H,89,108)(H,90,113)(H,91,111)(H,92,112)(H,93,114)(H,109,110)(H,116,117)(H4,83,84,86)(H3,85,87,118)/t45-,47-,48-,49-,50-,51+,52+,59+,60+,61+,62+,63+,73+/m1/s1. The van der Waals surface area contributed by atoms with Gasteiger partial charge in [-0.2, -0.15) is 0 Å². The van der Waals surface area contributed by atoms with E-state index in [1.807, 2.05) is 6.92 Å². The lowest BCUT2D eigenvalue weighted by Crippen LogP contribution is -2.52. The Kier molecular flexibility index (Phi) is 38.7. The van der Waals surface area contributed by atoms with Crippen LogP contribution in [0.3, 0.4) is 0 Å². The normalized spacial score (nSPS) is 23.4. The molecule has 0 radical (unpaired) electrons. The number of aryl methyl sites for hydroxylation is 1. The summed E-state index contributed by atoms with van der Waals surface area (Å²) in [6.45, 7) is 2.70. The summed E-state index contributed by atoms with van der Waals surface area (Å²) in [6, 6.07) is 2.19. The molecule has 4 bridgehead atoms. The molecule has 0 spiro atoms. The van der Waals surface area contributed by atoms with Gasteiger partial charge in [-0.05, 0) is 107 Å². The van der Waals surface area contributed by atoms with E-state index in [2.05, 4.69) is 52.5 Å². The molecule has 3 aliphatic rings. The number of amides is 9. The molecule has 120 heavy (non-hydrogen) atoms. The van der Waals surface area contributed by atoms with Crippen molar-refractivity contribution in [3.05, 3.63) is 77.7 Å². The van der Waals surface area contributed by atoms with Crippen LogP contribution in [0.2, 0.25) is 0 Å². The number of guanidine groups is 1. The molecule has 7 rings (SSSR count). The van der Waals surface area contributed by atoms with Crippen molar-refractivity contribution in [3.63, 3.8) is 0 Å². The smallest absolute Gasteiger partial charge is 0.312 e. The minimum absolute atomic E-state index is 0.00191. The molecule has 2 fully saturated rings. The molecule has 37 nitrogen and oxygen atoms in total. The fraction of sp³-hybridized carbons (Fsp3) is 0.580. The number of para-hydroxylation sites is 1. The number of benzene rings is 2. The number of phenols is 1. The summed E-state index contributed by atoms with van der Waals surface area (Å²) in [5.74, 6) is -24.9. The van der Waals surface area contributed by atoms with Crippen molar-refractivity contribution in [3.8, 4) is 5.75 Å². The molecule has 39 heteroatoms. The molecule has 9 amide bonds. The van der Waals surface area contributed by atoms with Gasteiger partial charge in [-0.15, -0.1) is 5.10 Å². The maximum atomic E-state index is 15.6. The summed E-state index contributed by atoms with van der Waals surface area (Å²) >= 11 is 0. The number of urea groups is 1. The Balaban J connectivity index is 1.42. The number of unbranched alkanes of at least 4 members (excludes halogenated alkanes) is 2. The number of aliphatic hydroxyl groups excluding tert-OH is 1. The average molecular weight is 1710 g/mol. The molecule has 0 saturated carbocycles. The van der Waals surface area contributed by atoms with Crippen LogP contribution >= 0.6 is 21.6 Å². The second-order valence-electron chi connectivity index (χ2n) is 31.1. The minimum Gasteiger partial charge on any atom is -0.508 e. The van der Waals surface area contributed by atoms with Crippen molar-refractivity contribution < 1.29 is 102 Å². The van der Waals surface area contributed by atoms with Gasteiger partial charge in [0.05, 0.1) is 66.2 Å². The number of rotatable bonds is 30. The number of aromatic hydroxyl groups is 1. The first kappa shape index (κ1) is 96.2. The lowest BCUT2D eigenvalue weighted by molar-refractivity contribution is -0.148. The fourth-order valence-electron chi connectivity index (χ4n) is 15.0. The van der Waals surface area contributed by atoms with Crippen LogP contribution in [-0.4, -0.2) is 225 Å². The van der Waals surface area contributed by atoms with E-state index in [1.54, 1.807) is 30.5 Å². The van der Waals surface area contributed by atoms with Crippen LogP contribution in [0.25, 0.3) is 10.9 Å². The number of fused-ring (bicyclic) bond motifs is 12. The van der Waals surface area contributed by atoms with E-state index in [-0.39, 0.29) is 133 Å². The zero-order chi connectivity index (χ0) is 87.7. The maximum absolute atomic E-state index is 15.6. The van der Waals surface area contributed by atoms with Crippen LogP contribution in [0.4, 0.5) is 4.79 Å². The number of carboxylic acids is 2. The Labute approximate surface area is 701 Å². The molecule has 4 aromatic rings. The number of H-pyrrole nitrogens is 1. The van der Waals surface area contributed by atoms with E-state index >= 15 is 33.6 Å². The summed E-state index contributed by atoms with van der Waals surface area (Å²) in [7, 11) is 1.83. The third-order valence-corrected chi connectivity index (χ3v) is 24.1. The van der Waals surface area contributed by atoms with E-state index in [0.717, 1.165) is 46.3 Å². The number of hydrogen-bond acceptors (Lipinski definition) is 24. The second kappa shape index (κ2) is 48.3. The molecule has 2 saturated heterocycles. The van der Waals surface area contributed by atoms with Crippen molar-refractivity contribution >= 4 is 138 Å². The van der Waals surface area contributed by atoms with Crippen molar-refractivity contribution in [2.75, 3.05) is 31.1 Å². The summed E-state index contributed by atoms with van der Waals surface area (Å²) in [5, 5.41) is 77.8. The van der Waals surface area contributed by atoms with Gasteiger partial charge in [-0.1, -0.05) is 76.9 Å². The number of aliphatic carboxylic acids is 2. The van der Waals surface area contributed by atoms with Gasteiger partial charge >= 0.3 is 18.0 Å². The number of ketones is 7. The van der Waals surface area contributed by atoms with Crippen LogP contribution in [0.5, 0.6) is 5.75 Å². The number of nitrogens with one attached hydrogen (secondary N) is 9. The van der Waals surface area contributed by atoms with Gasteiger partial charge in [0, 0.05) is 156 Å². The van der Waals surface area contributed by atoms with Crippen molar-refractivity contribution in [2.45, 2.75) is 230 Å². The fourth-order valence-corrected chi connectivity index (χ4v) is 17.4. The first-order valence-electron chi connectivity index (χ1n) is 40.6. The molecular weight excluding hydrogens is 1600 g/mol. The number of carbonyl (C=O) groups excluding carboxylic acids is 15. The van der Waals surface area contributed by atoms with Gasteiger partial charge in [0.2, 0.25) is 41.4 Å². The van der Waals surface area contributed by atoms with Crippen molar-refractivity contribution in [1.82, 2.24) is 62.1 Å². The predicted molar refractivity (Wildman–Crippen MR) is 439 cm³/mol. The number of primary amides is 2. The Hall–Kier alpha value is -11.0. The lowest BCUT2D eigenvalue weighted by Gasteiger charge is -2.30. The summed E-state index contributed by atoms with van der Waals surface area (Å²) < 4.78 is 1.28. The predicted octanol–water partition coefficient (Wildman–Crippen LogP) is 2.40. The van der Waals surface area contributed by atoms with E-state index < -0.39 is 248 Å². The third-order valence-electron chi connectivity index (χ3n) is 21.7. The molecule has 3 aliphatic heterocycles. The molecule has 19 N–H and O–H groups in total. The Morgan fingerprint density at radius 3 is 1.99 bits per heavy atom. The Morgan fingerprint density at radius 2 is 1.32 bits per heavy atom. The molecule has 654 valence electrons. The van der Waals surface area contributed by atoms with Crippen molar-refractivity contribution in [2.24, 2.45) is 52.7 Å². The number of nitrogens with zero attached hydrogens (tertiary/aromatic N) is 4. The van der Waals surface area contributed by atoms with Crippen LogP contribution in [0.15, 0.2) is 60.9 Å². The molecule has 5 heterocycles. The number of hydrogen-bond donors (Lipinski definition) is 16. The molecule has 0 unspecified atom stereocenters. The average Bonchev–Trinajstić information content (AvgIpc) is 1.66. The monoisotopic (exact) mass is 1710 g/mol. The number of Topliss-reactive ketones (excluding diaryl/α,β-unsaturated/α-hetero) is 7. The first-order valence-corrected chi connectivity index (χ1v) is 43.1. The zero-order valence-electron chi connectivity index (χ0n) is 67.5. The first-order chi connectivity index (χ1) is 57.2. The molecule has 2 aromatic carbocycles. The Morgan fingerprint density at radius 1 is 0.667 bits per heavy atom. The SMILES string of the molecule is CCCCCC(=O)CCC(=O)N[C@H]1CSSC[C@@H]2NC(=O)[C@H](CCCNC(=N)N)CC(=O)[C@@H]3CCCN3C(=O)[C@H](CC(=O)O)CC(=O)[C@H]([C@@H](C)O)NC(=O)[C@@H](CC1=O)Cc1cn(nn1)CCC[C@@H](C(=O)C[C@H](Cc1ccc(O)cc1)C(=O)O)NC(=O)[C@H](CCC(N)=O)CC(=O)[C@H](Cc1c[nH]c3ccccc13)NC(=O)[C@H](CCCNC(N)=O)CC2=O. The zero-order valence-corrected chi connectivity index (χ0v) is 69.1. The largest absolute Gasteiger partial charge is 0.508 e. The van der Waals surface area contributed by atoms with Gasteiger partial charge in [0.1, 0.15) is 17.6 Å². The van der Waals surface area contributed by atoms with Crippen LogP contribution in [-0.2, 0) is 103 Å². The summed E-state index contributed by atoms with van der Waals surface area (Å²) in [5.41, 5.74) is 18.3. The van der Waals surface area contributed by atoms with Gasteiger partial charge in [0.25, 0.3) is 0 Å². The topological polar surface area (TPSA) is 607 Å². The van der Waals surface area contributed by atoms with Crippen LogP contribution < -0.4 is 54.4 Å². The van der Waals surface area contributed by atoms with Crippen LogP contribution in [0, 0.1) is 40.9 Å². The molecule has 0 aliphatic carbocycles. The highest BCUT2D eigenvalue weighted by Crippen LogP contribution is 2.32. The van der Waals surface area contributed by atoms with E-state index in [9.17, 15) is 68.4 Å². The van der Waals surface area contributed by atoms with Crippen LogP contribution in [0.1, 0.15) is 178 Å². The second-order valence-corrected chi connectivity index (χ2v) is 33.7. The summed E-state index contributed by atoms with van der Waals surface area (Å²) in [6.07, 6.45) is -4.84. The lowest BCUT2D eigenvalue weighted by atomic mass is 9.88. The highest BCUT2D eigenvalue weighted by atomic mass is 33.1. The number of aromatic nitrogens is 4. The Bertz CT molecular complexity index is 4330. The van der Waals surface area contributed by atoms with E-state index in [4.69, 9.17) is 22.6 Å². The molecule has 13 atom stereocenters. The van der Waals surface area contributed by atoms with Crippen molar-refractivity contribution in [1.29, 1.82) is 5.41 Å².